The van der Waals surface area contributed by atoms with E-state index in [-0.39, 0.29) is 28.6 Å². The zero-order valence-electron chi connectivity index (χ0n) is 21.9. The minimum absolute atomic E-state index is 0.0670. The molecule has 0 amide bonds. The lowest BCUT2D eigenvalue weighted by Crippen LogP contribution is -2.18. The molecule has 0 saturated heterocycles. The van der Waals surface area contributed by atoms with E-state index in [4.69, 9.17) is 4.74 Å². The van der Waals surface area contributed by atoms with Crippen LogP contribution in [0.2, 0.25) is 0 Å². The number of unbranched alkanes of at least 4 members (excludes halogenated alkanes) is 11. The standard InChI is InChI=1S/C29H46O5/c1-22(2)18-15-13-11-9-7-5-6-8-10-12-14-16-21-26(30)24-19-17-20-25(27(24)28(31)32)29(33)34-23(3)4/h17,19-20,22-23H,5-16,18,21H2,1-4H3,(H,31,32). The van der Waals surface area contributed by atoms with Crippen LogP contribution in [-0.2, 0) is 4.74 Å². The van der Waals surface area contributed by atoms with Gasteiger partial charge in [-0.2, -0.15) is 0 Å². The van der Waals surface area contributed by atoms with Crippen LogP contribution in [0.15, 0.2) is 18.2 Å². The van der Waals surface area contributed by atoms with Crippen LogP contribution in [0.1, 0.15) is 149 Å². The number of hydrogen-bond acceptors (Lipinski definition) is 4. The Bertz CT molecular complexity index is 751. The van der Waals surface area contributed by atoms with Crippen LogP contribution in [0.4, 0.5) is 0 Å². The van der Waals surface area contributed by atoms with E-state index in [9.17, 15) is 19.5 Å². The summed E-state index contributed by atoms with van der Waals surface area (Å²) in [5.74, 6) is -1.40. The largest absolute Gasteiger partial charge is 0.478 e. The normalized spacial score (nSPS) is 11.2. The van der Waals surface area contributed by atoms with E-state index in [2.05, 4.69) is 13.8 Å². The van der Waals surface area contributed by atoms with Gasteiger partial charge in [-0.1, -0.05) is 103 Å². The molecule has 1 aromatic carbocycles. The highest BCUT2D eigenvalue weighted by molar-refractivity contribution is 6.11. The topological polar surface area (TPSA) is 80.7 Å². The average molecular weight is 475 g/mol. The number of carboxylic acids is 1. The summed E-state index contributed by atoms with van der Waals surface area (Å²) >= 11 is 0. The van der Waals surface area contributed by atoms with Crippen LogP contribution >= 0.6 is 0 Å². The van der Waals surface area contributed by atoms with Gasteiger partial charge >= 0.3 is 11.9 Å². The Morgan fingerprint density at radius 3 is 1.68 bits per heavy atom. The Morgan fingerprint density at radius 1 is 0.735 bits per heavy atom. The predicted octanol–water partition coefficient (Wildman–Crippen LogP) is 8.25. The monoisotopic (exact) mass is 474 g/mol. The highest BCUT2D eigenvalue weighted by Crippen LogP contribution is 2.20. The number of aromatic carboxylic acids is 1. The highest BCUT2D eigenvalue weighted by Gasteiger charge is 2.25. The first kappa shape index (κ1) is 29.9. The van der Waals surface area contributed by atoms with E-state index in [0.29, 0.717) is 6.42 Å². The van der Waals surface area contributed by atoms with E-state index in [0.717, 1.165) is 25.2 Å². The van der Waals surface area contributed by atoms with Crippen molar-refractivity contribution in [2.75, 3.05) is 0 Å². The molecule has 5 nitrogen and oxygen atoms in total. The summed E-state index contributed by atoms with van der Waals surface area (Å²) in [5.41, 5.74) is -0.226. The van der Waals surface area contributed by atoms with E-state index in [1.807, 2.05) is 0 Å². The number of carbonyl (C=O) groups is 3. The molecular weight excluding hydrogens is 428 g/mol. The van der Waals surface area contributed by atoms with Gasteiger partial charge in [-0.05, 0) is 32.3 Å². The second-order valence-electron chi connectivity index (χ2n) is 10.1. The number of Topliss-reactive ketones (excluding diaryl/α,β-unsaturated/α-hetero) is 1. The van der Waals surface area contributed by atoms with E-state index < -0.39 is 11.9 Å². The Balaban J connectivity index is 2.26. The third-order valence-electron chi connectivity index (χ3n) is 6.08. The summed E-state index contributed by atoms with van der Waals surface area (Å²) in [6.45, 7) is 7.98. The molecule has 1 N–H and O–H groups in total. The molecule has 0 fully saturated rings. The summed E-state index contributed by atoms with van der Waals surface area (Å²) in [7, 11) is 0. The molecule has 0 aromatic heterocycles. The van der Waals surface area contributed by atoms with Crippen molar-refractivity contribution in [3.63, 3.8) is 0 Å². The summed E-state index contributed by atoms with van der Waals surface area (Å²) < 4.78 is 5.14. The van der Waals surface area contributed by atoms with Crippen molar-refractivity contribution in [2.24, 2.45) is 5.92 Å². The Hall–Kier alpha value is -2.17. The summed E-state index contributed by atoms with van der Waals surface area (Å²) in [4.78, 5) is 36.7. The van der Waals surface area contributed by atoms with Crippen molar-refractivity contribution >= 4 is 17.7 Å². The van der Waals surface area contributed by atoms with Gasteiger partial charge in [0.1, 0.15) is 0 Å². The maximum atomic E-state index is 12.7. The predicted molar refractivity (Wildman–Crippen MR) is 138 cm³/mol. The molecule has 0 heterocycles. The molecule has 0 saturated carbocycles. The lowest BCUT2D eigenvalue weighted by atomic mass is 9.95. The minimum Gasteiger partial charge on any atom is -0.478 e. The Morgan fingerprint density at radius 2 is 1.21 bits per heavy atom. The van der Waals surface area contributed by atoms with Gasteiger partial charge in [0, 0.05) is 12.0 Å². The molecule has 1 aromatic rings. The van der Waals surface area contributed by atoms with Gasteiger partial charge in [0.25, 0.3) is 0 Å². The van der Waals surface area contributed by atoms with Crippen molar-refractivity contribution in [2.45, 2.75) is 124 Å². The zero-order chi connectivity index (χ0) is 25.3. The molecule has 0 atom stereocenters. The van der Waals surface area contributed by atoms with Crippen LogP contribution < -0.4 is 0 Å². The fourth-order valence-electron chi connectivity index (χ4n) is 4.20. The van der Waals surface area contributed by atoms with Gasteiger partial charge in [-0.25, -0.2) is 9.59 Å². The van der Waals surface area contributed by atoms with Crippen molar-refractivity contribution in [1.29, 1.82) is 0 Å². The van der Waals surface area contributed by atoms with Crippen LogP contribution in [0, 0.1) is 5.92 Å². The molecule has 1 rings (SSSR count). The first-order chi connectivity index (χ1) is 16.2. The number of hydrogen-bond donors (Lipinski definition) is 1. The molecule has 0 aliphatic heterocycles. The fourth-order valence-corrected chi connectivity index (χ4v) is 4.20. The summed E-state index contributed by atoms with van der Waals surface area (Å²) in [5, 5.41) is 9.62. The molecule has 5 heteroatoms. The average Bonchev–Trinajstić information content (AvgIpc) is 2.77. The molecule has 0 radical (unpaired) electrons. The van der Waals surface area contributed by atoms with Crippen LogP contribution in [0.25, 0.3) is 0 Å². The van der Waals surface area contributed by atoms with Gasteiger partial charge in [-0.15, -0.1) is 0 Å². The number of esters is 1. The maximum absolute atomic E-state index is 12.7. The van der Waals surface area contributed by atoms with Crippen LogP contribution in [0.3, 0.4) is 0 Å². The molecule has 0 aliphatic rings. The first-order valence-electron chi connectivity index (χ1n) is 13.3. The number of carbonyl (C=O) groups excluding carboxylic acids is 2. The third kappa shape index (κ3) is 12.3. The first-order valence-corrected chi connectivity index (χ1v) is 13.3. The zero-order valence-corrected chi connectivity index (χ0v) is 21.9. The molecule has 192 valence electrons. The number of carboxylic acid groups (broad SMARTS) is 1. The molecule has 34 heavy (non-hydrogen) atoms. The molecule has 0 spiro atoms. The van der Waals surface area contributed by atoms with Crippen molar-refractivity contribution in [1.82, 2.24) is 0 Å². The molecule has 0 aliphatic carbocycles. The van der Waals surface area contributed by atoms with Gasteiger partial charge in [0.15, 0.2) is 5.78 Å². The van der Waals surface area contributed by atoms with Gasteiger partial charge in [-0.3, -0.25) is 4.79 Å². The number of benzene rings is 1. The number of rotatable bonds is 19. The highest BCUT2D eigenvalue weighted by atomic mass is 16.5. The molecule has 0 unspecified atom stereocenters. The van der Waals surface area contributed by atoms with Gasteiger partial charge in [0.2, 0.25) is 0 Å². The van der Waals surface area contributed by atoms with E-state index >= 15 is 0 Å². The third-order valence-corrected chi connectivity index (χ3v) is 6.08. The quantitative estimate of drug-likeness (QED) is 0.124. The lowest BCUT2D eigenvalue weighted by molar-refractivity contribution is 0.0371. The second kappa shape index (κ2) is 17.3. The molecule has 0 bridgehead atoms. The minimum atomic E-state index is -1.28. The second-order valence-corrected chi connectivity index (χ2v) is 10.1. The van der Waals surface area contributed by atoms with Crippen molar-refractivity contribution in [3.8, 4) is 0 Å². The summed E-state index contributed by atoms with van der Waals surface area (Å²) in [6, 6.07) is 4.43. The number of ether oxygens (including phenoxy) is 1. The van der Waals surface area contributed by atoms with Crippen molar-refractivity contribution in [3.05, 3.63) is 34.9 Å². The van der Waals surface area contributed by atoms with Crippen LogP contribution in [-0.4, -0.2) is 28.9 Å². The Kier molecular flexibility index (Phi) is 15.2. The lowest BCUT2D eigenvalue weighted by Gasteiger charge is -2.12. The van der Waals surface area contributed by atoms with E-state index in [1.165, 1.54) is 76.3 Å². The van der Waals surface area contributed by atoms with Crippen LogP contribution in [0.5, 0.6) is 0 Å². The summed E-state index contributed by atoms with van der Waals surface area (Å²) in [6.07, 6.45) is 15.9. The Labute approximate surface area is 206 Å². The maximum Gasteiger partial charge on any atom is 0.339 e. The van der Waals surface area contributed by atoms with E-state index in [1.54, 1.807) is 19.9 Å². The van der Waals surface area contributed by atoms with Gasteiger partial charge < -0.3 is 9.84 Å². The smallest absolute Gasteiger partial charge is 0.339 e. The van der Waals surface area contributed by atoms with Crippen molar-refractivity contribution < 1.29 is 24.2 Å². The number of ketones is 1. The fraction of sp³-hybridized carbons (Fsp3) is 0.690. The molecular formula is C29H46O5. The SMILES string of the molecule is CC(C)CCCCCCCCCCCCCCC(=O)c1cccc(C(=O)OC(C)C)c1C(=O)O. The van der Waals surface area contributed by atoms with Gasteiger partial charge in [0.05, 0.1) is 17.2 Å².